The molecule has 1 aromatic rings. The van der Waals surface area contributed by atoms with E-state index in [0.29, 0.717) is 5.78 Å². The first kappa shape index (κ1) is 8.03. The molecular formula is C10H11OSe+. The maximum absolute atomic E-state index is 11.5. The number of fused-ring (bicyclic) bond motifs is 1. The predicted molar refractivity (Wildman–Crippen MR) is 50.9 cm³/mol. The summed E-state index contributed by atoms with van der Waals surface area (Å²) in [6.45, 7) is 0. The zero-order chi connectivity index (χ0) is 8.55. The summed E-state index contributed by atoms with van der Waals surface area (Å²) in [6.07, 6.45) is 0. The van der Waals surface area contributed by atoms with E-state index in [-0.39, 0.29) is 0 Å². The van der Waals surface area contributed by atoms with E-state index in [2.05, 4.69) is 11.9 Å². The number of hydrogen-bond acceptors (Lipinski definition) is 1. The Kier molecular flexibility index (Phi) is 2.03. The van der Waals surface area contributed by atoms with Crippen LogP contribution in [-0.4, -0.2) is 19.7 Å². The van der Waals surface area contributed by atoms with Gasteiger partial charge < -0.3 is 0 Å². The van der Waals surface area contributed by atoms with Crippen molar-refractivity contribution >= 4 is 19.7 Å². The molecule has 0 radical (unpaired) electrons. The Labute approximate surface area is 76.7 Å². The molecule has 0 fully saturated rings. The molecule has 1 aliphatic heterocycles. The van der Waals surface area contributed by atoms with Gasteiger partial charge >= 0.3 is 76.3 Å². The second-order valence-electron chi connectivity index (χ2n) is 3.15. The summed E-state index contributed by atoms with van der Waals surface area (Å²) in [5, 5.41) is 2.03. The Morgan fingerprint density at radius 2 is 2.00 bits per heavy atom. The average Bonchev–Trinajstić information content (AvgIpc) is 2.04. The summed E-state index contributed by atoms with van der Waals surface area (Å²) in [5.74, 6) is 2.62. The quantitative estimate of drug-likeness (QED) is 0.619. The van der Waals surface area contributed by atoms with Crippen molar-refractivity contribution in [2.75, 3.05) is 0 Å². The van der Waals surface area contributed by atoms with Gasteiger partial charge in [-0.1, -0.05) is 0 Å². The Morgan fingerprint density at radius 1 is 1.25 bits per heavy atom. The van der Waals surface area contributed by atoms with E-state index in [1.807, 2.05) is 18.2 Å². The molecule has 1 unspecified atom stereocenters. The Bertz CT molecular complexity index is 319. The predicted octanol–water partition coefficient (Wildman–Crippen LogP) is 2.09. The molecule has 0 aromatic heterocycles. The molecule has 0 bridgehead atoms. The molecule has 0 aliphatic carbocycles. The second-order valence-corrected chi connectivity index (χ2v) is 7.64. The van der Waals surface area contributed by atoms with E-state index in [4.69, 9.17) is 0 Å². The molecule has 1 aliphatic rings. The molecule has 0 amide bonds. The van der Waals surface area contributed by atoms with E-state index in [9.17, 15) is 4.79 Å². The Balaban J connectivity index is 2.47. The SMILES string of the molecule is C[Se+]1CC(=O)c2ccccc2C1. The van der Waals surface area contributed by atoms with E-state index in [0.717, 1.165) is 10.9 Å². The van der Waals surface area contributed by atoms with Crippen LogP contribution in [0.4, 0.5) is 0 Å². The first-order valence-electron chi connectivity index (χ1n) is 3.97. The van der Waals surface area contributed by atoms with Gasteiger partial charge in [-0.15, -0.1) is 0 Å². The van der Waals surface area contributed by atoms with Crippen molar-refractivity contribution in [3.8, 4) is 0 Å². The van der Waals surface area contributed by atoms with Gasteiger partial charge in [0.05, 0.1) is 0 Å². The number of Topliss-reactive ketones (excluding diaryl/α,β-unsaturated/α-hetero) is 1. The minimum atomic E-state index is -0.613. The van der Waals surface area contributed by atoms with Crippen molar-refractivity contribution in [2.24, 2.45) is 0 Å². The molecule has 0 N–H and O–H groups in total. The molecule has 2 heteroatoms. The number of ketones is 1. The molecule has 1 heterocycles. The molecule has 1 aromatic carbocycles. The first-order valence-corrected chi connectivity index (χ1v) is 8.11. The molecular weight excluding hydrogens is 215 g/mol. The molecule has 0 spiro atoms. The second kappa shape index (κ2) is 3.04. The van der Waals surface area contributed by atoms with Gasteiger partial charge in [0.15, 0.2) is 0 Å². The Morgan fingerprint density at radius 3 is 2.83 bits per heavy atom. The van der Waals surface area contributed by atoms with Crippen molar-refractivity contribution in [1.29, 1.82) is 0 Å². The summed E-state index contributed by atoms with van der Waals surface area (Å²) >= 11 is -0.613. The van der Waals surface area contributed by atoms with Gasteiger partial charge in [-0.05, 0) is 0 Å². The normalized spacial score (nSPS) is 22.1. The van der Waals surface area contributed by atoms with Crippen LogP contribution in [0.3, 0.4) is 0 Å². The monoisotopic (exact) mass is 227 g/mol. The number of hydrogen-bond donors (Lipinski definition) is 0. The molecule has 12 heavy (non-hydrogen) atoms. The van der Waals surface area contributed by atoms with Crippen LogP contribution in [-0.2, 0) is 5.32 Å². The van der Waals surface area contributed by atoms with Crippen LogP contribution in [0.5, 0.6) is 0 Å². The van der Waals surface area contributed by atoms with Gasteiger partial charge in [0.25, 0.3) is 0 Å². The third-order valence-electron chi connectivity index (χ3n) is 2.10. The topological polar surface area (TPSA) is 17.1 Å². The van der Waals surface area contributed by atoms with Gasteiger partial charge in [-0.2, -0.15) is 0 Å². The van der Waals surface area contributed by atoms with Crippen molar-refractivity contribution in [1.82, 2.24) is 0 Å². The van der Waals surface area contributed by atoms with Gasteiger partial charge in [0.1, 0.15) is 0 Å². The summed E-state index contributed by atoms with van der Waals surface area (Å²) in [4.78, 5) is 11.5. The standard InChI is InChI=1S/C10H11OSe/c1-12-6-8-4-2-3-5-9(8)10(11)7-12/h2-5H,6-7H2,1H3/q+1. The Hall–Kier alpha value is -0.591. The molecule has 1 nitrogen and oxygen atoms in total. The third-order valence-corrected chi connectivity index (χ3v) is 5.37. The molecule has 0 saturated carbocycles. The first-order chi connectivity index (χ1) is 5.77. The van der Waals surface area contributed by atoms with E-state index in [1.165, 1.54) is 10.9 Å². The van der Waals surface area contributed by atoms with Crippen LogP contribution in [0.25, 0.3) is 0 Å². The summed E-state index contributed by atoms with van der Waals surface area (Å²) in [7, 11) is 0. The van der Waals surface area contributed by atoms with Crippen LogP contribution in [0.15, 0.2) is 24.3 Å². The van der Waals surface area contributed by atoms with E-state index in [1.54, 1.807) is 0 Å². The number of carbonyl (C=O) groups excluding carboxylic acids is 1. The fourth-order valence-electron chi connectivity index (χ4n) is 1.54. The van der Waals surface area contributed by atoms with Crippen molar-refractivity contribution in [3.63, 3.8) is 0 Å². The third kappa shape index (κ3) is 1.33. The van der Waals surface area contributed by atoms with Crippen LogP contribution < -0.4 is 0 Å². The zero-order valence-electron chi connectivity index (χ0n) is 7.04. The van der Waals surface area contributed by atoms with Crippen molar-refractivity contribution in [3.05, 3.63) is 35.4 Å². The van der Waals surface area contributed by atoms with Gasteiger partial charge in [-0.3, -0.25) is 0 Å². The van der Waals surface area contributed by atoms with Gasteiger partial charge in [-0.25, -0.2) is 0 Å². The van der Waals surface area contributed by atoms with Gasteiger partial charge in [0, 0.05) is 0 Å². The van der Waals surface area contributed by atoms with E-state index < -0.39 is 13.9 Å². The molecule has 2 rings (SSSR count). The fraction of sp³-hybridized carbons (Fsp3) is 0.300. The zero-order valence-corrected chi connectivity index (χ0v) is 8.75. The summed E-state index contributed by atoms with van der Waals surface area (Å²) in [6, 6.07) is 8.02. The summed E-state index contributed by atoms with van der Waals surface area (Å²) in [5.41, 5.74) is 2.25. The molecule has 62 valence electrons. The van der Waals surface area contributed by atoms with E-state index >= 15 is 0 Å². The molecule has 1 atom stereocenters. The molecule has 0 saturated heterocycles. The number of benzene rings is 1. The van der Waals surface area contributed by atoms with Crippen molar-refractivity contribution < 1.29 is 4.79 Å². The number of carbonyl (C=O) groups is 1. The average molecular weight is 226 g/mol. The minimum absolute atomic E-state index is 0.365. The van der Waals surface area contributed by atoms with Crippen LogP contribution >= 0.6 is 0 Å². The maximum atomic E-state index is 11.5. The summed E-state index contributed by atoms with van der Waals surface area (Å²) < 4.78 is 0. The van der Waals surface area contributed by atoms with Crippen LogP contribution in [0.2, 0.25) is 11.1 Å². The number of rotatable bonds is 0. The van der Waals surface area contributed by atoms with Gasteiger partial charge in [0.2, 0.25) is 0 Å². The van der Waals surface area contributed by atoms with Crippen LogP contribution in [0.1, 0.15) is 15.9 Å². The fourth-order valence-corrected chi connectivity index (χ4v) is 4.66. The van der Waals surface area contributed by atoms with Crippen LogP contribution in [0, 0.1) is 0 Å². The van der Waals surface area contributed by atoms with Crippen molar-refractivity contribution in [2.45, 2.75) is 16.5 Å².